The Bertz CT molecular complexity index is 365. The summed E-state index contributed by atoms with van der Waals surface area (Å²) < 4.78 is 5.56. The van der Waals surface area contributed by atoms with Crippen LogP contribution < -0.4 is 0 Å². The van der Waals surface area contributed by atoms with E-state index in [1.807, 2.05) is 19.9 Å². The van der Waals surface area contributed by atoms with Crippen LogP contribution in [0.1, 0.15) is 36.8 Å². The minimum absolute atomic E-state index is 0.159. The predicted octanol–water partition coefficient (Wildman–Crippen LogP) is 2.20. The summed E-state index contributed by atoms with van der Waals surface area (Å²) in [5.74, 6) is 0.829. The number of carbonyl (C=O) groups is 1. The molecule has 2 atom stereocenters. The highest BCUT2D eigenvalue weighted by molar-refractivity contribution is 5.78. The highest BCUT2D eigenvalue weighted by atomic mass is 16.4. The van der Waals surface area contributed by atoms with E-state index >= 15 is 0 Å². The van der Waals surface area contributed by atoms with Crippen molar-refractivity contribution >= 4 is 5.97 Å². The van der Waals surface area contributed by atoms with Crippen LogP contribution in [-0.2, 0) is 17.6 Å². The molecule has 1 aromatic heterocycles. The van der Waals surface area contributed by atoms with E-state index in [0.717, 1.165) is 29.9 Å². The van der Waals surface area contributed by atoms with E-state index in [0.29, 0.717) is 0 Å². The second kappa shape index (κ2) is 3.15. The van der Waals surface area contributed by atoms with E-state index < -0.39 is 5.97 Å². The maximum Gasteiger partial charge on any atom is 0.311 e. The average molecular weight is 194 g/mol. The second-order valence-corrected chi connectivity index (χ2v) is 3.94. The van der Waals surface area contributed by atoms with Crippen LogP contribution in [0.4, 0.5) is 0 Å². The molecule has 0 amide bonds. The van der Waals surface area contributed by atoms with Crippen molar-refractivity contribution in [1.29, 1.82) is 0 Å². The largest absolute Gasteiger partial charge is 0.481 e. The van der Waals surface area contributed by atoms with Crippen molar-refractivity contribution in [2.24, 2.45) is 5.92 Å². The molecule has 3 heteroatoms. The Morgan fingerprint density at radius 3 is 3.00 bits per heavy atom. The average Bonchev–Trinajstić information content (AvgIpc) is 2.58. The summed E-state index contributed by atoms with van der Waals surface area (Å²) in [4.78, 5) is 11.0. The number of carboxylic acid groups (broad SMARTS) is 1. The number of furan rings is 1. The fourth-order valence-electron chi connectivity index (χ4n) is 2.19. The normalized spacial score (nSPS) is 25.0. The topological polar surface area (TPSA) is 50.4 Å². The first-order chi connectivity index (χ1) is 6.63. The molecule has 0 spiro atoms. The molecule has 14 heavy (non-hydrogen) atoms. The van der Waals surface area contributed by atoms with Gasteiger partial charge in [0.05, 0.1) is 5.92 Å². The minimum Gasteiger partial charge on any atom is -0.481 e. The lowest BCUT2D eigenvalue weighted by Gasteiger charge is -2.09. The van der Waals surface area contributed by atoms with Crippen LogP contribution in [0.25, 0.3) is 0 Å². The Balaban J connectivity index is 2.39. The Kier molecular flexibility index (Phi) is 2.10. The summed E-state index contributed by atoms with van der Waals surface area (Å²) in [7, 11) is 0. The molecule has 0 saturated heterocycles. The molecule has 2 unspecified atom stereocenters. The first kappa shape index (κ1) is 9.31. The van der Waals surface area contributed by atoms with Gasteiger partial charge in [-0.15, -0.1) is 0 Å². The fraction of sp³-hybridized carbons (Fsp3) is 0.545. The van der Waals surface area contributed by atoms with Gasteiger partial charge in [-0.2, -0.15) is 0 Å². The number of fused-ring (bicyclic) bond motifs is 1. The Hall–Kier alpha value is -1.25. The van der Waals surface area contributed by atoms with E-state index in [-0.39, 0.29) is 11.8 Å². The van der Waals surface area contributed by atoms with E-state index in [2.05, 4.69) is 0 Å². The van der Waals surface area contributed by atoms with Crippen molar-refractivity contribution in [2.45, 2.75) is 32.6 Å². The van der Waals surface area contributed by atoms with Gasteiger partial charge in [0, 0.05) is 18.4 Å². The molecule has 1 N–H and O–H groups in total. The monoisotopic (exact) mass is 194 g/mol. The molecule has 1 aliphatic carbocycles. The molecule has 0 fully saturated rings. The predicted molar refractivity (Wildman–Crippen MR) is 51.3 cm³/mol. The maximum atomic E-state index is 11.0. The van der Waals surface area contributed by atoms with Gasteiger partial charge >= 0.3 is 5.97 Å². The zero-order valence-electron chi connectivity index (χ0n) is 8.41. The lowest BCUT2D eigenvalue weighted by Crippen LogP contribution is -2.14. The third kappa shape index (κ3) is 1.24. The van der Waals surface area contributed by atoms with E-state index in [4.69, 9.17) is 9.52 Å². The standard InChI is InChI=1S/C11H14O3/c1-3-7-5-8-9(14-7)4-6(2)10(8)11(12)13/h5-6,10H,3-4H2,1-2H3,(H,12,13). The highest BCUT2D eigenvalue weighted by Crippen LogP contribution is 2.39. The Labute approximate surface area is 82.7 Å². The maximum absolute atomic E-state index is 11.0. The highest BCUT2D eigenvalue weighted by Gasteiger charge is 2.37. The van der Waals surface area contributed by atoms with Gasteiger partial charge in [0.2, 0.25) is 0 Å². The third-order valence-corrected chi connectivity index (χ3v) is 2.92. The van der Waals surface area contributed by atoms with Gasteiger partial charge in [0.25, 0.3) is 0 Å². The minimum atomic E-state index is -0.736. The van der Waals surface area contributed by atoms with Gasteiger partial charge in [-0.1, -0.05) is 13.8 Å². The summed E-state index contributed by atoms with van der Waals surface area (Å²) >= 11 is 0. The van der Waals surface area contributed by atoms with Crippen molar-refractivity contribution < 1.29 is 14.3 Å². The van der Waals surface area contributed by atoms with Crippen molar-refractivity contribution in [3.8, 4) is 0 Å². The van der Waals surface area contributed by atoms with Gasteiger partial charge in [-0.25, -0.2) is 0 Å². The van der Waals surface area contributed by atoms with Crippen LogP contribution in [0.2, 0.25) is 0 Å². The van der Waals surface area contributed by atoms with Crippen LogP contribution in [0.3, 0.4) is 0 Å². The molecule has 0 radical (unpaired) electrons. The summed E-state index contributed by atoms with van der Waals surface area (Å²) in [5, 5.41) is 9.07. The number of carboxylic acids is 1. The Morgan fingerprint density at radius 1 is 1.71 bits per heavy atom. The zero-order chi connectivity index (χ0) is 10.3. The SMILES string of the molecule is CCc1cc2c(o1)CC(C)C2C(=O)O. The van der Waals surface area contributed by atoms with Crippen molar-refractivity contribution in [3.63, 3.8) is 0 Å². The number of hydrogen-bond donors (Lipinski definition) is 1. The van der Waals surface area contributed by atoms with E-state index in [1.54, 1.807) is 0 Å². The van der Waals surface area contributed by atoms with Gasteiger partial charge in [-0.3, -0.25) is 4.79 Å². The van der Waals surface area contributed by atoms with Crippen LogP contribution in [0.15, 0.2) is 10.5 Å². The molecule has 1 aromatic rings. The molecular weight excluding hydrogens is 180 g/mol. The van der Waals surface area contributed by atoms with Crippen molar-refractivity contribution in [3.05, 3.63) is 23.2 Å². The third-order valence-electron chi connectivity index (χ3n) is 2.92. The lowest BCUT2D eigenvalue weighted by molar-refractivity contribution is -0.139. The summed E-state index contributed by atoms with van der Waals surface area (Å²) in [6.45, 7) is 3.97. The van der Waals surface area contributed by atoms with Crippen LogP contribution >= 0.6 is 0 Å². The molecule has 0 aromatic carbocycles. The molecule has 0 saturated carbocycles. The lowest BCUT2D eigenvalue weighted by atomic mass is 9.94. The molecule has 1 heterocycles. The van der Waals surface area contributed by atoms with E-state index in [9.17, 15) is 4.79 Å². The fourth-order valence-corrected chi connectivity index (χ4v) is 2.19. The van der Waals surface area contributed by atoms with Gasteiger partial charge in [-0.05, 0) is 12.0 Å². The second-order valence-electron chi connectivity index (χ2n) is 3.94. The quantitative estimate of drug-likeness (QED) is 0.785. The molecule has 1 aliphatic rings. The van der Waals surface area contributed by atoms with Gasteiger partial charge in [0.15, 0.2) is 0 Å². The molecule has 0 bridgehead atoms. The summed E-state index contributed by atoms with van der Waals surface area (Å²) in [6.07, 6.45) is 1.58. The van der Waals surface area contributed by atoms with Gasteiger partial charge < -0.3 is 9.52 Å². The number of rotatable bonds is 2. The van der Waals surface area contributed by atoms with Crippen LogP contribution in [-0.4, -0.2) is 11.1 Å². The first-order valence-corrected chi connectivity index (χ1v) is 4.97. The van der Waals surface area contributed by atoms with Crippen molar-refractivity contribution in [2.75, 3.05) is 0 Å². The van der Waals surface area contributed by atoms with Crippen LogP contribution in [0, 0.1) is 5.92 Å². The molecule has 3 nitrogen and oxygen atoms in total. The Morgan fingerprint density at radius 2 is 2.43 bits per heavy atom. The summed E-state index contributed by atoms with van der Waals surface area (Å²) in [5.41, 5.74) is 0.891. The number of aliphatic carboxylic acids is 1. The number of aryl methyl sites for hydroxylation is 1. The first-order valence-electron chi connectivity index (χ1n) is 4.97. The molecule has 76 valence electrons. The zero-order valence-corrected chi connectivity index (χ0v) is 8.41. The molecular formula is C11H14O3. The van der Waals surface area contributed by atoms with Crippen molar-refractivity contribution in [1.82, 2.24) is 0 Å². The number of hydrogen-bond acceptors (Lipinski definition) is 2. The van der Waals surface area contributed by atoms with Crippen LogP contribution in [0.5, 0.6) is 0 Å². The smallest absolute Gasteiger partial charge is 0.311 e. The molecule has 0 aliphatic heterocycles. The van der Waals surface area contributed by atoms with Gasteiger partial charge in [0.1, 0.15) is 11.5 Å². The van der Waals surface area contributed by atoms with E-state index in [1.165, 1.54) is 0 Å². The molecule has 2 rings (SSSR count). The summed E-state index contributed by atoms with van der Waals surface area (Å²) in [6, 6.07) is 1.90.